The molecule has 0 aliphatic rings. The van der Waals surface area contributed by atoms with Crippen molar-refractivity contribution in [3.63, 3.8) is 0 Å². The monoisotopic (exact) mass is 234 g/mol. The van der Waals surface area contributed by atoms with Gasteiger partial charge in [-0.05, 0) is 38.5 Å². The molecule has 0 heterocycles. The Morgan fingerprint density at radius 2 is 2.18 bits per heavy atom. The predicted octanol–water partition coefficient (Wildman–Crippen LogP) is 3.27. The molecule has 3 heteroatoms. The maximum Gasteiger partial charge on any atom is 0.307 e. The van der Waals surface area contributed by atoms with Crippen LogP contribution in [0.2, 0.25) is 0 Å². The molecule has 0 aliphatic heterocycles. The number of rotatable bonds is 5. The van der Waals surface area contributed by atoms with Gasteiger partial charge in [-0.2, -0.15) is 0 Å². The molecule has 0 amide bonds. The summed E-state index contributed by atoms with van der Waals surface area (Å²) in [5.74, 6) is -0.0211. The topological polar surface area (TPSA) is 46.5 Å². The van der Waals surface area contributed by atoms with Crippen molar-refractivity contribution < 1.29 is 14.6 Å². The van der Waals surface area contributed by atoms with E-state index in [2.05, 4.69) is 0 Å². The molecular weight excluding hydrogens is 216 g/mol. The zero-order chi connectivity index (χ0) is 12.8. The van der Waals surface area contributed by atoms with Gasteiger partial charge in [-0.25, -0.2) is 0 Å². The third kappa shape index (κ3) is 3.94. The van der Waals surface area contributed by atoms with Crippen LogP contribution < -0.4 is 4.74 Å². The van der Waals surface area contributed by atoms with Crippen LogP contribution in [0.5, 0.6) is 5.75 Å². The number of carbonyl (C=O) groups is 1. The van der Waals surface area contributed by atoms with Gasteiger partial charge in [-0.1, -0.05) is 17.7 Å². The highest BCUT2D eigenvalue weighted by Gasteiger charge is 2.06. The first-order chi connectivity index (χ1) is 8.04. The molecular formula is C14H18O3. The molecule has 0 aliphatic carbocycles. The Kier molecular flexibility index (Phi) is 4.76. The van der Waals surface area contributed by atoms with Gasteiger partial charge in [0.05, 0.1) is 13.0 Å². The number of hydrogen-bond donors (Lipinski definition) is 1. The summed E-state index contributed by atoms with van der Waals surface area (Å²) in [5, 5.41) is 8.66. The molecule has 1 rings (SSSR count). The molecule has 3 nitrogen and oxygen atoms in total. The molecule has 1 aromatic carbocycles. The second-order valence-electron chi connectivity index (χ2n) is 3.92. The Hall–Kier alpha value is -1.77. The first kappa shape index (κ1) is 13.3. The third-order valence-corrected chi connectivity index (χ3v) is 2.44. The van der Waals surface area contributed by atoms with Crippen molar-refractivity contribution in [1.82, 2.24) is 0 Å². The molecule has 0 bridgehead atoms. The van der Waals surface area contributed by atoms with Gasteiger partial charge in [-0.3, -0.25) is 4.79 Å². The number of aryl methyl sites for hydroxylation is 1. The smallest absolute Gasteiger partial charge is 0.307 e. The standard InChI is InChI=1S/C14H18O3/c1-4-17-13-7-5-10(2)9-12(13)11(3)6-8-14(15)16/h5-7,9H,4,8H2,1-3H3,(H,15,16)/b11-6+. The Labute approximate surface area is 102 Å². The summed E-state index contributed by atoms with van der Waals surface area (Å²) in [6.07, 6.45) is 1.74. The normalized spacial score (nSPS) is 11.4. The van der Waals surface area contributed by atoms with E-state index in [0.29, 0.717) is 6.61 Å². The highest BCUT2D eigenvalue weighted by Crippen LogP contribution is 2.27. The summed E-state index contributed by atoms with van der Waals surface area (Å²) in [6.45, 7) is 6.44. The quantitative estimate of drug-likeness (QED) is 0.850. The number of carboxylic acids is 1. The first-order valence-electron chi connectivity index (χ1n) is 5.67. The molecule has 1 aromatic rings. The molecule has 0 atom stereocenters. The lowest BCUT2D eigenvalue weighted by atomic mass is 10.0. The van der Waals surface area contributed by atoms with E-state index in [9.17, 15) is 4.79 Å². The van der Waals surface area contributed by atoms with Crippen LogP contribution in [-0.2, 0) is 4.79 Å². The number of carboxylic acid groups (broad SMARTS) is 1. The van der Waals surface area contributed by atoms with E-state index in [-0.39, 0.29) is 6.42 Å². The molecule has 0 radical (unpaired) electrons. The Balaban J connectivity index is 3.05. The fraction of sp³-hybridized carbons (Fsp3) is 0.357. The fourth-order valence-electron chi connectivity index (χ4n) is 1.58. The van der Waals surface area contributed by atoms with Crippen molar-refractivity contribution in [2.45, 2.75) is 27.2 Å². The maximum atomic E-state index is 10.5. The van der Waals surface area contributed by atoms with Gasteiger partial charge < -0.3 is 9.84 Å². The van der Waals surface area contributed by atoms with Crippen molar-refractivity contribution in [2.24, 2.45) is 0 Å². The summed E-state index contributed by atoms with van der Waals surface area (Å²) in [4.78, 5) is 10.5. The molecule has 92 valence electrons. The van der Waals surface area contributed by atoms with Gasteiger partial charge >= 0.3 is 5.97 Å². The van der Waals surface area contributed by atoms with E-state index in [0.717, 1.165) is 22.4 Å². The van der Waals surface area contributed by atoms with Gasteiger partial charge in [0, 0.05) is 5.56 Å². The van der Waals surface area contributed by atoms with Crippen LogP contribution in [0.3, 0.4) is 0 Å². The van der Waals surface area contributed by atoms with Crippen molar-refractivity contribution in [1.29, 1.82) is 0 Å². The largest absolute Gasteiger partial charge is 0.493 e. The summed E-state index contributed by atoms with van der Waals surface area (Å²) < 4.78 is 5.53. The van der Waals surface area contributed by atoms with E-state index in [1.165, 1.54) is 0 Å². The number of ether oxygens (including phenoxy) is 1. The number of hydrogen-bond acceptors (Lipinski definition) is 2. The zero-order valence-electron chi connectivity index (χ0n) is 10.5. The molecule has 0 saturated carbocycles. The molecule has 1 N–H and O–H groups in total. The third-order valence-electron chi connectivity index (χ3n) is 2.44. The minimum Gasteiger partial charge on any atom is -0.493 e. The predicted molar refractivity (Wildman–Crippen MR) is 68.3 cm³/mol. The average molecular weight is 234 g/mol. The minimum absolute atomic E-state index is 0.0331. The number of aliphatic carboxylic acids is 1. The molecule has 0 saturated heterocycles. The lowest BCUT2D eigenvalue weighted by molar-refractivity contribution is -0.135. The highest BCUT2D eigenvalue weighted by molar-refractivity contribution is 5.75. The maximum absolute atomic E-state index is 10.5. The van der Waals surface area contributed by atoms with E-state index < -0.39 is 5.97 Å². The summed E-state index contributed by atoms with van der Waals surface area (Å²) >= 11 is 0. The van der Waals surface area contributed by atoms with E-state index in [1.807, 2.05) is 39.0 Å². The highest BCUT2D eigenvalue weighted by atomic mass is 16.5. The molecule has 17 heavy (non-hydrogen) atoms. The lowest BCUT2D eigenvalue weighted by Gasteiger charge is -2.11. The number of allylic oxidation sites excluding steroid dienone is 1. The van der Waals surface area contributed by atoms with Gasteiger partial charge in [0.15, 0.2) is 0 Å². The Morgan fingerprint density at radius 3 is 2.76 bits per heavy atom. The Bertz CT molecular complexity index is 433. The fourth-order valence-corrected chi connectivity index (χ4v) is 1.58. The molecule has 0 aromatic heterocycles. The number of benzene rings is 1. The van der Waals surface area contributed by atoms with Gasteiger partial charge in [0.25, 0.3) is 0 Å². The van der Waals surface area contributed by atoms with Gasteiger partial charge in [0.1, 0.15) is 5.75 Å². The zero-order valence-corrected chi connectivity index (χ0v) is 10.5. The van der Waals surface area contributed by atoms with Crippen LogP contribution in [0, 0.1) is 6.92 Å². The average Bonchev–Trinajstić information content (AvgIpc) is 2.28. The van der Waals surface area contributed by atoms with Crippen LogP contribution in [0.15, 0.2) is 24.3 Å². The van der Waals surface area contributed by atoms with Gasteiger partial charge in [-0.15, -0.1) is 0 Å². The van der Waals surface area contributed by atoms with E-state index in [1.54, 1.807) is 6.08 Å². The summed E-state index contributed by atoms with van der Waals surface area (Å²) in [5.41, 5.74) is 3.03. The summed E-state index contributed by atoms with van der Waals surface area (Å²) in [7, 11) is 0. The second kappa shape index (κ2) is 6.09. The van der Waals surface area contributed by atoms with Crippen molar-refractivity contribution in [3.05, 3.63) is 35.4 Å². The SMILES string of the molecule is CCOc1ccc(C)cc1/C(C)=C/CC(=O)O. The van der Waals surface area contributed by atoms with E-state index >= 15 is 0 Å². The van der Waals surface area contributed by atoms with Crippen LogP contribution in [-0.4, -0.2) is 17.7 Å². The second-order valence-corrected chi connectivity index (χ2v) is 3.92. The first-order valence-corrected chi connectivity index (χ1v) is 5.67. The van der Waals surface area contributed by atoms with Crippen LogP contribution in [0.25, 0.3) is 5.57 Å². The van der Waals surface area contributed by atoms with Gasteiger partial charge in [0.2, 0.25) is 0 Å². The van der Waals surface area contributed by atoms with Crippen LogP contribution in [0.1, 0.15) is 31.4 Å². The summed E-state index contributed by atoms with van der Waals surface area (Å²) in [6, 6.07) is 5.92. The van der Waals surface area contributed by atoms with Crippen molar-refractivity contribution >= 4 is 11.5 Å². The molecule has 0 fully saturated rings. The van der Waals surface area contributed by atoms with E-state index in [4.69, 9.17) is 9.84 Å². The van der Waals surface area contributed by atoms with Crippen LogP contribution in [0.4, 0.5) is 0 Å². The molecule has 0 unspecified atom stereocenters. The van der Waals surface area contributed by atoms with Crippen molar-refractivity contribution in [2.75, 3.05) is 6.61 Å². The van der Waals surface area contributed by atoms with Crippen molar-refractivity contribution in [3.8, 4) is 5.75 Å². The van der Waals surface area contributed by atoms with Crippen LogP contribution >= 0.6 is 0 Å². The Morgan fingerprint density at radius 1 is 1.47 bits per heavy atom. The minimum atomic E-state index is -0.824. The lowest BCUT2D eigenvalue weighted by Crippen LogP contribution is -1.97. The molecule has 0 spiro atoms.